The number of para-hydroxylation sites is 1. The summed E-state index contributed by atoms with van der Waals surface area (Å²) < 4.78 is 25.4. The molecule has 5 rings (SSSR count). The molecule has 1 aliphatic rings. The largest absolute Gasteiger partial charge is 0.494 e. The molecule has 0 saturated carbocycles. The van der Waals surface area contributed by atoms with Crippen molar-refractivity contribution in [1.82, 2.24) is 4.90 Å². The molecule has 0 saturated heterocycles. The van der Waals surface area contributed by atoms with Gasteiger partial charge in [-0.05, 0) is 53.9 Å². The Morgan fingerprint density at radius 3 is 2.57 bits per heavy atom. The fourth-order valence-corrected chi connectivity index (χ4v) is 4.58. The predicted molar refractivity (Wildman–Crippen MR) is 132 cm³/mol. The molecule has 0 bridgehead atoms. The smallest absolute Gasteiger partial charge is 0.291 e. The second-order valence-electron chi connectivity index (χ2n) is 8.76. The van der Waals surface area contributed by atoms with Gasteiger partial charge in [-0.1, -0.05) is 56.2 Å². The topological polar surface area (TPSA) is 59.8 Å². The van der Waals surface area contributed by atoms with Gasteiger partial charge in [0, 0.05) is 6.54 Å². The Morgan fingerprint density at radius 2 is 1.77 bits per heavy atom. The van der Waals surface area contributed by atoms with Crippen molar-refractivity contribution in [1.29, 1.82) is 0 Å². The maximum absolute atomic E-state index is 13.6. The van der Waals surface area contributed by atoms with Crippen molar-refractivity contribution in [3.63, 3.8) is 0 Å². The van der Waals surface area contributed by atoms with E-state index in [9.17, 15) is 14.0 Å². The van der Waals surface area contributed by atoms with Gasteiger partial charge in [0.2, 0.25) is 5.76 Å². The van der Waals surface area contributed by atoms with Gasteiger partial charge in [-0.3, -0.25) is 9.59 Å². The van der Waals surface area contributed by atoms with E-state index in [-0.39, 0.29) is 29.5 Å². The highest BCUT2D eigenvalue weighted by atomic mass is 19.1. The second kappa shape index (κ2) is 9.74. The molecule has 0 aliphatic carbocycles. The zero-order valence-corrected chi connectivity index (χ0v) is 19.5. The molecular formula is C29H26FNO4. The number of ether oxygens (including phenoxy) is 1. The first-order chi connectivity index (χ1) is 17.1. The van der Waals surface area contributed by atoms with Gasteiger partial charge in [-0.25, -0.2) is 4.39 Å². The Balaban J connectivity index is 1.59. The van der Waals surface area contributed by atoms with Gasteiger partial charge in [0.25, 0.3) is 5.91 Å². The number of benzene rings is 3. The average molecular weight is 472 g/mol. The highest BCUT2D eigenvalue weighted by molar-refractivity contribution is 5.99. The van der Waals surface area contributed by atoms with Crippen molar-refractivity contribution in [2.24, 2.45) is 0 Å². The summed E-state index contributed by atoms with van der Waals surface area (Å²) >= 11 is 0. The number of carbonyl (C=O) groups excluding carboxylic acids is 1. The third kappa shape index (κ3) is 4.44. The van der Waals surface area contributed by atoms with E-state index in [0.29, 0.717) is 28.9 Å². The van der Waals surface area contributed by atoms with Crippen LogP contribution in [0.1, 0.15) is 59.5 Å². The standard InChI is InChI=1S/C29H26FNO4/c1-2-3-6-16-34-22-9-7-8-20(17-22)26-25-27(32)23-10-4-5-11-24(23)35-28(25)29(33)31(26)18-19-12-14-21(30)15-13-19/h4-5,7-15,17,26H,2-3,6,16,18H2,1H3. The van der Waals surface area contributed by atoms with Crippen molar-refractivity contribution in [2.45, 2.75) is 38.8 Å². The number of fused-ring (bicyclic) bond motifs is 2. The normalized spacial score (nSPS) is 15.0. The van der Waals surface area contributed by atoms with Gasteiger partial charge in [0.05, 0.1) is 23.6 Å². The first-order valence-corrected chi connectivity index (χ1v) is 11.9. The van der Waals surface area contributed by atoms with Gasteiger partial charge in [0.1, 0.15) is 17.1 Å². The molecule has 1 amide bonds. The van der Waals surface area contributed by atoms with Crippen LogP contribution in [0.15, 0.2) is 82.0 Å². The SMILES string of the molecule is CCCCCOc1cccc(C2c3c(oc4ccccc4c3=O)C(=O)N2Cc2ccc(F)cc2)c1. The molecular weight excluding hydrogens is 445 g/mol. The third-order valence-corrected chi connectivity index (χ3v) is 6.33. The van der Waals surface area contributed by atoms with Crippen LogP contribution in [0, 0.1) is 5.82 Å². The summed E-state index contributed by atoms with van der Waals surface area (Å²) in [5, 5.41) is 0.430. The minimum absolute atomic E-state index is 0.0510. The Morgan fingerprint density at radius 1 is 0.971 bits per heavy atom. The molecule has 0 radical (unpaired) electrons. The Bertz CT molecular complexity index is 1430. The molecule has 5 nitrogen and oxygen atoms in total. The number of halogens is 1. The lowest BCUT2D eigenvalue weighted by Crippen LogP contribution is -2.29. The van der Waals surface area contributed by atoms with E-state index >= 15 is 0 Å². The number of unbranched alkanes of at least 4 members (excludes halogenated alkanes) is 2. The first-order valence-electron chi connectivity index (χ1n) is 11.9. The minimum Gasteiger partial charge on any atom is -0.494 e. The van der Waals surface area contributed by atoms with Crippen LogP contribution in [-0.4, -0.2) is 17.4 Å². The fraction of sp³-hybridized carbons (Fsp3) is 0.241. The summed E-state index contributed by atoms with van der Waals surface area (Å²) in [7, 11) is 0. The summed E-state index contributed by atoms with van der Waals surface area (Å²) in [4.78, 5) is 28.8. The lowest BCUT2D eigenvalue weighted by atomic mass is 9.98. The second-order valence-corrected chi connectivity index (χ2v) is 8.76. The number of carbonyl (C=O) groups is 1. The van der Waals surface area contributed by atoms with Crippen LogP contribution < -0.4 is 10.2 Å². The van der Waals surface area contributed by atoms with E-state index in [4.69, 9.17) is 9.15 Å². The maximum Gasteiger partial charge on any atom is 0.291 e. The van der Waals surface area contributed by atoms with E-state index in [0.717, 1.165) is 30.4 Å². The van der Waals surface area contributed by atoms with Crippen molar-refractivity contribution in [2.75, 3.05) is 6.61 Å². The molecule has 0 N–H and O–H groups in total. The molecule has 35 heavy (non-hydrogen) atoms. The van der Waals surface area contributed by atoms with Crippen LogP contribution in [0.3, 0.4) is 0 Å². The van der Waals surface area contributed by atoms with Gasteiger partial charge in [-0.2, -0.15) is 0 Å². The molecule has 1 aromatic heterocycles. The van der Waals surface area contributed by atoms with Crippen molar-refractivity contribution < 1.29 is 18.3 Å². The van der Waals surface area contributed by atoms with E-state index in [2.05, 4.69) is 6.92 Å². The minimum atomic E-state index is -0.650. The predicted octanol–water partition coefficient (Wildman–Crippen LogP) is 6.25. The third-order valence-electron chi connectivity index (χ3n) is 6.33. The van der Waals surface area contributed by atoms with Crippen LogP contribution in [0.2, 0.25) is 0 Å². The monoisotopic (exact) mass is 471 g/mol. The molecule has 178 valence electrons. The molecule has 2 heterocycles. The maximum atomic E-state index is 13.6. The molecule has 1 aliphatic heterocycles. The Kier molecular flexibility index (Phi) is 6.36. The lowest BCUT2D eigenvalue weighted by molar-refractivity contribution is 0.0714. The van der Waals surface area contributed by atoms with E-state index in [1.165, 1.54) is 12.1 Å². The molecule has 0 spiro atoms. The summed E-state index contributed by atoms with van der Waals surface area (Å²) in [6.45, 7) is 2.94. The number of rotatable bonds is 8. The summed E-state index contributed by atoms with van der Waals surface area (Å²) in [5.74, 6) is 0.0188. The average Bonchev–Trinajstić information content (AvgIpc) is 3.15. The van der Waals surface area contributed by atoms with Crippen LogP contribution in [0.25, 0.3) is 11.0 Å². The van der Waals surface area contributed by atoms with Crippen LogP contribution >= 0.6 is 0 Å². The molecule has 0 fully saturated rings. The van der Waals surface area contributed by atoms with Gasteiger partial charge < -0.3 is 14.1 Å². The molecule has 1 unspecified atom stereocenters. The summed E-state index contributed by atoms with van der Waals surface area (Å²) in [5.41, 5.74) is 1.98. The fourth-order valence-electron chi connectivity index (χ4n) is 4.58. The van der Waals surface area contributed by atoms with Gasteiger partial charge in [-0.15, -0.1) is 0 Å². The van der Waals surface area contributed by atoms with Gasteiger partial charge in [0.15, 0.2) is 5.43 Å². The summed E-state index contributed by atoms with van der Waals surface area (Å²) in [6, 6.07) is 19.8. The van der Waals surface area contributed by atoms with Gasteiger partial charge >= 0.3 is 0 Å². The van der Waals surface area contributed by atoms with Crippen molar-refractivity contribution in [3.05, 3.63) is 111 Å². The summed E-state index contributed by atoms with van der Waals surface area (Å²) in [6.07, 6.45) is 3.15. The molecule has 3 aromatic carbocycles. The molecule has 1 atom stereocenters. The number of nitrogens with zero attached hydrogens (tertiary/aromatic N) is 1. The lowest BCUT2D eigenvalue weighted by Gasteiger charge is -2.25. The van der Waals surface area contributed by atoms with Crippen molar-refractivity contribution in [3.8, 4) is 5.75 Å². The molecule has 4 aromatic rings. The number of hydrogen-bond acceptors (Lipinski definition) is 4. The van der Waals surface area contributed by atoms with Crippen molar-refractivity contribution >= 4 is 16.9 Å². The first kappa shape index (κ1) is 22.8. The zero-order valence-electron chi connectivity index (χ0n) is 19.5. The quantitative estimate of drug-likeness (QED) is 0.285. The number of hydrogen-bond donors (Lipinski definition) is 0. The number of amides is 1. The Hall–Kier alpha value is -3.93. The van der Waals surface area contributed by atoms with E-state index in [1.807, 2.05) is 24.3 Å². The van der Waals surface area contributed by atoms with Crippen LogP contribution in [-0.2, 0) is 6.54 Å². The zero-order chi connectivity index (χ0) is 24.4. The van der Waals surface area contributed by atoms with E-state index < -0.39 is 6.04 Å². The highest BCUT2D eigenvalue weighted by Gasteiger charge is 2.42. The van der Waals surface area contributed by atoms with E-state index in [1.54, 1.807) is 41.3 Å². The highest BCUT2D eigenvalue weighted by Crippen LogP contribution is 2.40. The van der Waals surface area contributed by atoms with Crippen LogP contribution in [0.5, 0.6) is 5.75 Å². The van der Waals surface area contributed by atoms with Crippen LogP contribution in [0.4, 0.5) is 4.39 Å². The Labute approximate surface area is 202 Å². The molecule has 6 heteroatoms.